The molecule has 110 valence electrons. The lowest BCUT2D eigenvalue weighted by Crippen LogP contribution is -2.32. The molecule has 4 heteroatoms. The molecule has 0 bridgehead atoms. The number of anilines is 1. The van der Waals surface area contributed by atoms with Crippen molar-refractivity contribution in [2.45, 2.75) is 13.0 Å². The Morgan fingerprint density at radius 3 is 2.38 bits per heavy atom. The predicted molar refractivity (Wildman–Crippen MR) is 84.5 cm³/mol. The zero-order chi connectivity index (χ0) is 15.1. The van der Waals surface area contributed by atoms with Gasteiger partial charge in [-0.1, -0.05) is 30.3 Å². The quantitative estimate of drug-likeness (QED) is 0.857. The fourth-order valence-electron chi connectivity index (χ4n) is 2.01. The van der Waals surface area contributed by atoms with Crippen LogP contribution in [0.4, 0.5) is 5.69 Å². The van der Waals surface area contributed by atoms with Crippen LogP contribution in [0.1, 0.15) is 18.5 Å². The molecule has 0 radical (unpaired) electrons. The van der Waals surface area contributed by atoms with Crippen molar-refractivity contribution in [2.75, 3.05) is 19.0 Å². The monoisotopic (exact) mass is 284 g/mol. The number of methoxy groups -OCH3 is 1. The summed E-state index contributed by atoms with van der Waals surface area (Å²) in [5, 5.41) is 6.05. The second-order valence-electron chi connectivity index (χ2n) is 4.78. The van der Waals surface area contributed by atoms with Crippen LogP contribution in [0.5, 0.6) is 5.75 Å². The Labute approximate surface area is 125 Å². The Kier molecular flexibility index (Phi) is 5.21. The summed E-state index contributed by atoms with van der Waals surface area (Å²) in [6.45, 7) is 2.21. The third-order valence-corrected chi connectivity index (χ3v) is 3.22. The van der Waals surface area contributed by atoms with E-state index in [0.717, 1.165) is 17.0 Å². The van der Waals surface area contributed by atoms with Gasteiger partial charge >= 0.3 is 0 Å². The van der Waals surface area contributed by atoms with Crippen molar-refractivity contribution < 1.29 is 9.53 Å². The lowest BCUT2D eigenvalue weighted by Gasteiger charge is -2.15. The van der Waals surface area contributed by atoms with E-state index in [4.69, 9.17) is 4.74 Å². The van der Waals surface area contributed by atoms with Crippen LogP contribution in [0.25, 0.3) is 0 Å². The van der Waals surface area contributed by atoms with E-state index >= 15 is 0 Å². The first-order valence-electron chi connectivity index (χ1n) is 6.91. The normalized spacial score (nSPS) is 11.5. The summed E-state index contributed by atoms with van der Waals surface area (Å²) in [5.74, 6) is 0.755. The predicted octanol–water partition coefficient (Wildman–Crippen LogP) is 2.98. The molecule has 0 fully saturated rings. The van der Waals surface area contributed by atoms with Crippen LogP contribution in [0.15, 0.2) is 54.6 Å². The average Bonchev–Trinajstić information content (AvgIpc) is 2.54. The Morgan fingerprint density at radius 1 is 1.10 bits per heavy atom. The Balaban J connectivity index is 1.81. The lowest BCUT2D eigenvalue weighted by atomic mass is 10.1. The topological polar surface area (TPSA) is 50.4 Å². The van der Waals surface area contributed by atoms with Crippen LogP contribution in [-0.4, -0.2) is 19.6 Å². The van der Waals surface area contributed by atoms with Crippen LogP contribution < -0.4 is 15.4 Å². The minimum absolute atomic E-state index is 0.00336. The Morgan fingerprint density at radius 2 is 1.76 bits per heavy atom. The molecule has 0 heterocycles. The second-order valence-corrected chi connectivity index (χ2v) is 4.78. The number of ether oxygens (including phenoxy) is 1. The van der Waals surface area contributed by atoms with E-state index in [2.05, 4.69) is 10.6 Å². The van der Waals surface area contributed by atoms with Crippen molar-refractivity contribution in [3.8, 4) is 5.75 Å². The van der Waals surface area contributed by atoms with Gasteiger partial charge in [0.25, 0.3) is 0 Å². The molecule has 1 amide bonds. The molecule has 0 saturated heterocycles. The SMILES string of the molecule is COc1ccc(NCC(=O)NC(C)c2ccccc2)cc1. The number of hydrogen-bond donors (Lipinski definition) is 2. The number of carbonyl (C=O) groups excluding carboxylic acids is 1. The second kappa shape index (κ2) is 7.33. The van der Waals surface area contributed by atoms with Crippen molar-refractivity contribution in [2.24, 2.45) is 0 Å². The van der Waals surface area contributed by atoms with Crippen molar-refractivity contribution in [1.82, 2.24) is 5.32 Å². The maximum Gasteiger partial charge on any atom is 0.239 e. The molecular formula is C17H20N2O2. The van der Waals surface area contributed by atoms with E-state index in [-0.39, 0.29) is 18.5 Å². The summed E-state index contributed by atoms with van der Waals surface area (Å²) in [5.41, 5.74) is 1.98. The molecule has 2 N–H and O–H groups in total. The minimum atomic E-state index is -0.0397. The highest BCUT2D eigenvalue weighted by Crippen LogP contribution is 2.15. The van der Waals surface area contributed by atoms with Gasteiger partial charge in [-0.25, -0.2) is 0 Å². The highest BCUT2D eigenvalue weighted by atomic mass is 16.5. The maximum absolute atomic E-state index is 11.9. The van der Waals surface area contributed by atoms with Gasteiger partial charge < -0.3 is 15.4 Å². The van der Waals surface area contributed by atoms with Gasteiger partial charge in [-0.05, 0) is 36.8 Å². The van der Waals surface area contributed by atoms with E-state index < -0.39 is 0 Å². The molecule has 1 atom stereocenters. The van der Waals surface area contributed by atoms with Gasteiger partial charge in [-0.2, -0.15) is 0 Å². The van der Waals surface area contributed by atoms with Crippen LogP contribution in [0.2, 0.25) is 0 Å². The van der Waals surface area contributed by atoms with Crippen LogP contribution >= 0.6 is 0 Å². The molecule has 0 saturated carbocycles. The standard InChI is InChI=1S/C17H20N2O2/c1-13(14-6-4-3-5-7-14)19-17(20)12-18-15-8-10-16(21-2)11-9-15/h3-11,13,18H,12H2,1-2H3,(H,19,20). The maximum atomic E-state index is 11.9. The summed E-state index contributed by atoms with van der Waals surface area (Å²) < 4.78 is 5.09. The van der Waals surface area contributed by atoms with Crippen molar-refractivity contribution in [3.05, 3.63) is 60.2 Å². The first kappa shape index (κ1) is 14.9. The average molecular weight is 284 g/mol. The zero-order valence-electron chi connectivity index (χ0n) is 12.3. The third-order valence-electron chi connectivity index (χ3n) is 3.22. The van der Waals surface area contributed by atoms with Gasteiger partial charge in [-0.3, -0.25) is 4.79 Å². The molecule has 0 aliphatic rings. The Hall–Kier alpha value is -2.49. The zero-order valence-corrected chi connectivity index (χ0v) is 12.3. The first-order chi connectivity index (χ1) is 10.2. The van der Waals surface area contributed by atoms with Gasteiger partial charge in [0.1, 0.15) is 5.75 Å². The number of benzene rings is 2. The summed E-state index contributed by atoms with van der Waals surface area (Å²) in [6, 6.07) is 17.4. The summed E-state index contributed by atoms with van der Waals surface area (Å²) in [6.07, 6.45) is 0. The van der Waals surface area contributed by atoms with Crippen LogP contribution in [0, 0.1) is 0 Å². The van der Waals surface area contributed by atoms with Crippen molar-refractivity contribution in [3.63, 3.8) is 0 Å². The number of nitrogens with one attached hydrogen (secondary N) is 2. The summed E-state index contributed by atoms with van der Waals surface area (Å²) in [4.78, 5) is 11.9. The summed E-state index contributed by atoms with van der Waals surface area (Å²) in [7, 11) is 1.63. The fourth-order valence-corrected chi connectivity index (χ4v) is 2.01. The van der Waals surface area contributed by atoms with Gasteiger partial charge in [-0.15, -0.1) is 0 Å². The molecule has 2 aromatic rings. The molecule has 2 aromatic carbocycles. The lowest BCUT2D eigenvalue weighted by molar-refractivity contribution is -0.120. The molecule has 0 aliphatic carbocycles. The first-order valence-corrected chi connectivity index (χ1v) is 6.91. The number of amides is 1. The largest absolute Gasteiger partial charge is 0.497 e. The van der Waals surface area contributed by atoms with Crippen molar-refractivity contribution >= 4 is 11.6 Å². The molecular weight excluding hydrogens is 264 g/mol. The minimum Gasteiger partial charge on any atom is -0.497 e. The van der Waals surface area contributed by atoms with Crippen LogP contribution in [-0.2, 0) is 4.79 Å². The molecule has 1 unspecified atom stereocenters. The van der Waals surface area contributed by atoms with Crippen molar-refractivity contribution in [1.29, 1.82) is 0 Å². The molecule has 4 nitrogen and oxygen atoms in total. The highest BCUT2D eigenvalue weighted by molar-refractivity contribution is 5.81. The Bertz CT molecular complexity index is 567. The highest BCUT2D eigenvalue weighted by Gasteiger charge is 2.08. The van der Waals surface area contributed by atoms with Gasteiger partial charge in [0.2, 0.25) is 5.91 Å². The van der Waals surface area contributed by atoms with E-state index in [1.807, 2.05) is 61.5 Å². The van der Waals surface area contributed by atoms with Gasteiger partial charge in [0.05, 0.1) is 19.7 Å². The molecule has 0 aliphatic heterocycles. The van der Waals surface area contributed by atoms with E-state index in [1.54, 1.807) is 7.11 Å². The number of hydrogen-bond acceptors (Lipinski definition) is 3. The molecule has 0 aromatic heterocycles. The summed E-state index contributed by atoms with van der Waals surface area (Å²) >= 11 is 0. The molecule has 21 heavy (non-hydrogen) atoms. The molecule has 0 spiro atoms. The third kappa shape index (κ3) is 4.53. The van der Waals surface area contributed by atoms with Gasteiger partial charge in [0.15, 0.2) is 0 Å². The number of rotatable bonds is 6. The van der Waals surface area contributed by atoms with Crippen LogP contribution in [0.3, 0.4) is 0 Å². The molecule has 2 rings (SSSR count). The van der Waals surface area contributed by atoms with E-state index in [9.17, 15) is 4.79 Å². The fraction of sp³-hybridized carbons (Fsp3) is 0.235. The van der Waals surface area contributed by atoms with E-state index in [0.29, 0.717) is 0 Å². The number of carbonyl (C=O) groups is 1. The van der Waals surface area contributed by atoms with Gasteiger partial charge in [0, 0.05) is 5.69 Å². The van der Waals surface area contributed by atoms with E-state index in [1.165, 1.54) is 0 Å². The smallest absolute Gasteiger partial charge is 0.239 e.